The van der Waals surface area contributed by atoms with E-state index >= 15 is 0 Å². The summed E-state index contributed by atoms with van der Waals surface area (Å²) in [6, 6.07) is 7.35. The Morgan fingerprint density at radius 3 is 2.79 bits per heavy atom. The lowest BCUT2D eigenvalue weighted by atomic mass is 10.1. The van der Waals surface area contributed by atoms with Crippen LogP contribution in [0.1, 0.15) is 18.1 Å². The van der Waals surface area contributed by atoms with E-state index in [-0.39, 0.29) is 40.0 Å². The predicted molar refractivity (Wildman–Crippen MR) is 103 cm³/mol. The lowest BCUT2D eigenvalue weighted by molar-refractivity contribution is 0.422. The van der Waals surface area contributed by atoms with E-state index in [0.29, 0.717) is 12.1 Å². The minimum atomic E-state index is -0.719. The third kappa shape index (κ3) is 3.34. The molecule has 8 heteroatoms. The molecular formula is C21H14F2N4O2. The molecule has 1 aliphatic rings. The van der Waals surface area contributed by atoms with Crippen LogP contribution in [0.2, 0.25) is 0 Å². The summed E-state index contributed by atoms with van der Waals surface area (Å²) in [6.45, 7) is 9.23. The first kappa shape index (κ1) is 18.4. The first-order chi connectivity index (χ1) is 14.0. The van der Waals surface area contributed by atoms with Gasteiger partial charge in [0.15, 0.2) is 11.6 Å². The van der Waals surface area contributed by atoms with Crippen LogP contribution in [-0.2, 0) is 6.42 Å². The molecule has 2 N–H and O–H groups in total. The van der Waals surface area contributed by atoms with Gasteiger partial charge in [0.25, 0.3) is 5.69 Å². The number of para-hydroxylation sites is 2. The zero-order chi connectivity index (χ0) is 20.5. The molecule has 0 amide bonds. The van der Waals surface area contributed by atoms with Crippen molar-refractivity contribution in [1.29, 1.82) is 0 Å². The lowest BCUT2D eigenvalue weighted by Gasteiger charge is -2.13. The number of allylic oxidation sites excluding steroid dienone is 1. The van der Waals surface area contributed by atoms with Gasteiger partial charge in [0.2, 0.25) is 5.88 Å². The number of halogens is 2. The fourth-order valence-corrected chi connectivity index (χ4v) is 3.08. The van der Waals surface area contributed by atoms with E-state index in [9.17, 15) is 13.9 Å². The Kier molecular flexibility index (Phi) is 4.56. The molecule has 3 aromatic rings. The number of nitrogens with one attached hydrogen (secondary N) is 1. The Bertz CT molecular complexity index is 1200. The maximum absolute atomic E-state index is 14.8. The van der Waals surface area contributed by atoms with Gasteiger partial charge < -0.3 is 15.2 Å². The Morgan fingerprint density at radius 1 is 1.24 bits per heavy atom. The van der Waals surface area contributed by atoms with E-state index in [4.69, 9.17) is 11.3 Å². The summed E-state index contributed by atoms with van der Waals surface area (Å²) in [5.41, 5.74) is 1.44. The lowest BCUT2D eigenvalue weighted by Crippen LogP contribution is -2.00. The molecule has 0 unspecified atom stereocenters. The Balaban J connectivity index is 1.73. The second-order valence-electron chi connectivity index (χ2n) is 6.46. The highest BCUT2D eigenvalue weighted by Gasteiger charge is 2.24. The molecule has 0 atom stereocenters. The van der Waals surface area contributed by atoms with Crippen molar-refractivity contribution in [3.63, 3.8) is 0 Å². The second kappa shape index (κ2) is 7.20. The molecule has 0 spiro atoms. The average molecular weight is 392 g/mol. The van der Waals surface area contributed by atoms with Crippen molar-refractivity contribution in [2.75, 3.05) is 5.32 Å². The quantitative estimate of drug-likeness (QED) is 0.453. The molecule has 0 bridgehead atoms. The van der Waals surface area contributed by atoms with Crippen molar-refractivity contribution < 1.29 is 18.6 Å². The molecule has 144 valence electrons. The Morgan fingerprint density at radius 2 is 2.03 bits per heavy atom. The minimum Gasteiger partial charge on any atom is -0.506 e. The molecule has 6 nitrogen and oxygen atoms in total. The van der Waals surface area contributed by atoms with Crippen LogP contribution in [0.3, 0.4) is 0 Å². The van der Waals surface area contributed by atoms with Crippen LogP contribution in [0, 0.1) is 18.2 Å². The van der Waals surface area contributed by atoms with Gasteiger partial charge in [-0.3, -0.25) is 0 Å². The molecule has 29 heavy (non-hydrogen) atoms. The van der Waals surface area contributed by atoms with Crippen molar-refractivity contribution in [3.8, 4) is 17.4 Å². The molecule has 0 saturated heterocycles. The number of ether oxygens (including phenoxy) is 1. The number of fused-ring (bicyclic) bond motifs is 1. The number of rotatable bonds is 4. The molecule has 1 aromatic heterocycles. The summed E-state index contributed by atoms with van der Waals surface area (Å²) < 4.78 is 34.7. The highest BCUT2D eigenvalue weighted by atomic mass is 19.1. The maximum Gasteiger partial charge on any atom is 0.288 e. The highest BCUT2D eigenvalue weighted by molar-refractivity contribution is 5.77. The number of hydrogen-bond donors (Lipinski definition) is 2. The molecule has 1 aliphatic carbocycles. The number of hydrogen-bond acceptors (Lipinski definition) is 5. The summed E-state index contributed by atoms with van der Waals surface area (Å²) in [7, 11) is 0. The second-order valence-corrected chi connectivity index (χ2v) is 6.46. The van der Waals surface area contributed by atoms with E-state index in [1.807, 2.05) is 0 Å². The Labute approximate surface area is 165 Å². The number of anilines is 2. The van der Waals surface area contributed by atoms with Crippen LogP contribution >= 0.6 is 0 Å². The zero-order valence-corrected chi connectivity index (χ0v) is 15.2. The number of aromatic nitrogens is 2. The third-order valence-corrected chi connectivity index (χ3v) is 4.43. The van der Waals surface area contributed by atoms with E-state index in [1.165, 1.54) is 6.07 Å². The van der Waals surface area contributed by atoms with Gasteiger partial charge >= 0.3 is 0 Å². The number of phenolic OH excluding ortho intramolecular Hbond substituents is 1. The van der Waals surface area contributed by atoms with E-state index < -0.39 is 11.6 Å². The van der Waals surface area contributed by atoms with Gasteiger partial charge in [-0.1, -0.05) is 23.8 Å². The van der Waals surface area contributed by atoms with Gasteiger partial charge in [-0.15, -0.1) is 0 Å². The molecule has 0 radical (unpaired) electrons. The van der Waals surface area contributed by atoms with Crippen molar-refractivity contribution in [2.45, 2.75) is 13.3 Å². The monoisotopic (exact) mass is 392 g/mol. The summed E-state index contributed by atoms with van der Waals surface area (Å²) in [5, 5.41) is 12.7. The smallest absolute Gasteiger partial charge is 0.288 e. The maximum atomic E-state index is 14.8. The van der Waals surface area contributed by atoms with Crippen molar-refractivity contribution in [3.05, 3.63) is 76.4 Å². The van der Waals surface area contributed by atoms with Gasteiger partial charge in [0.05, 0.1) is 12.3 Å². The van der Waals surface area contributed by atoms with Crippen LogP contribution < -0.4 is 10.1 Å². The van der Waals surface area contributed by atoms with Crippen LogP contribution in [-0.4, -0.2) is 15.1 Å². The molecule has 4 rings (SSSR count). The first-order valence-corrected chi connectivity index (χ1v) is 8.61. The highest BCUT2D eigenvalue weighted by Crippen LogP contribution is 2.40. The molecular weight excluding hydrogens is 378 g/mol. The van der Waals surface area contributed by atoms with E-state index in [0.717, 1.165) is 18.0 Å². The summed E-state index contributed by atoms with van der Waals surface area (Å²) in [5.74, 6) is -1.89. The van der Waals surface area contributed by atoms with Crippen molar-refractivity contribution in [2.24, 2.45) is 0 Å². The zero-order valence-electron chi connectivity index (χ0n) is 15.2. The van der Waals surface area contributed by atoms with Gasteiger partial charge in [-0.2, -0.15) is 0 Å². The van der Waals surface area contributed by atoms with Crippen LogP contribution in [0.25, 0.3) is 10.9 Å². The topological polar surface area (TPSA) is 71.6 Å². The molecule has 0 saturated carbocycles. The van der Waals surface area contributed by atoms with Crippen LogP contribution in [0.5, 0.6) is 17.4 Å². The molecule has 2 aromatic carbocycles. The van der Waals surface area contributed by atoms with Gasteiger partial charge in [0.1, 0.15) is 23.7 Å². The van der Waals surface area contributed by atoms with E-state index in [1.54, 1.807) is 31.2 Å². The predicted octanol–water partition coefficient (Wildman–Crippen LogP) is 5.51. The van der Waals surface area contributed by atoms with Gasteiger partial charge in [-0.05, 0) is 25.5 Å². The number of benzene rings is 2. The van der Waals surface area contributed by atoms with Crippen LogP contribution in [0.15, 0.2) is 42.2 Å². The number of nitrogens with zero attached hydrogens (tertiary/aromatic N) is 3. The largest absolute Gasteiger partial charge is 0.506 e. The molecule has 1 heterocycles. The molecule has 0 fully saturated rings. The number of phenols is 1. The van der Waals surface area contributed by atoms with Crippen molar-refractivity contribution >= 4 is 23.3 Å². The standard InChI is InChI=1S/C21H14F2N4O2/c1-11-7-12-13(8-11)18(23)17(9-14(12)22)29-21-19(24-2)20(25-10-26-21)27-15-5-3-4-6-16(15)28/h3-6,8-10,28H,7H2,1H3,(H,25,26,27). The van der Waals surface area contributed by atoms with Crippen LogP contribution in [0.4, 0.5) is 26.0 Å². The van der Waals surface area contributed by atoms with Gasteiger partial charge in [-0.25, -0.2) is 23.6 Å². The van der Waals surface area contributed by atoms with Gasteiger partial charge in [0, 0.05) is 17.2 Å². The van der Waals surface area contributed by atoms with E-state index in [2.05, 4.69) is 20.1 Å². The summed E-state index contributed by atoms with van der Waals surface area (Å²) in [4.78, 5) is 11.2. The molecule has 0 aliphatic heterocycles. The SMILES string of the molecule is [C-]#[N+]c1c(Nc2ccccc2O)ncnc1Oc1cc(F)c2c(c1F)C=C(C)C2. The minimum absolute atomic E-state index is 0.0431. The average Bonchev–Trinajstić information content (AvgIpc) is 3.10. The normalized spacial score (nSPS) is 12.1. The van der Waals surface area contributed by atoms with Crippen molar-refractivity contribution in [1.82, 2.24) is 9.97 Å². The third-order valence-electron chi connectivity index (χ3n) is 4.43. The fraction of sp³-hybridized carbons (Fsp3) is 0.0952. The fourth-order valence-electron chi connectivity index (χ4n) is 3.08. The Hall–Kier alpha value is -3.99. The number of aromatic hydroxyl groups is 1. The summed E-state index contributed by atoms with van der Waals surface area (Å²) in [6.07, 6.45) is 3.04. The first-order valence-electron chi connectivity index (χ1n) is 8.61. The summed E-state index contributed by atoms with van der Waals surface area (Å²) >= 11 is 0.